The van der Waals surface area contributed by atoms with Crippen molar-refractivity contribution in [2.24, 2.45) is 0 Å². The van der Waals surface area contributed by atoms with Gasteiger partial charge in [-0.3, -0.25) is 9.59 Å². The van der Waals surface area contributed by atoms with Gasteiger partial charge in [0, 0.05) is 29.5 Å². The van der Waals surface area contributed by atoms with E-state index < -0.39 is 5.97 Å². The van der Waals surface area contributed by atoms with Crippen LogP contribution in [0.3, 0.4) is 0 Å². The number of benzene rings is 2. The molecule has 2 atom stereocenters. The fourth-order valence-corrected chi connectivity index (χ4v) is 4.24. The summed E-state index contributed by atoms with van der Waals surface area (Å²) in [5, 5.41) is 9.04. The average Bonchev–Trinajstić information content (AvgIpc) is 3.30. The standard InChI is InChI=1S/C24H24O5/c1-2-3-7-21(25)19-5-4-6-20-18(19)10-11-22(20)29-16-8-9-17-15(12-24(26)27)14-28-23(17)13-16/h2,4-6,8-9,13,15,22H,1,3,7,10-12,14H2,(H,26,27). The van der Waals surface area contributed by atoms with E-state index in [0.717, 1.165) is 35.1 Å². The van der Waals surface area contributed by atoms with Gasteiger partial charge < -0.3 is 14.6 Å². The normalized spacial score (nSPS) is 19.2. The summed E-state index contributed by atoms with van der Waals surface area (Å²) in [5.41, 5.74) is 3.87. The van der Waals surface area contributed by atoms with Crippen molar-refractivity contribution in [3.8, 4) is 11.5 Å². The molecule has 2 aliphatic rings. The summed E-state index contributed by atoms with van der Waals surface area (Å²) in [4.78, 5) is 23.5. The van der Waals surface area contributed by atoms with E-state index in [1.807, 2.05) is 36.4 Å². The zero-order valence-electron chi connectivity index (χ0n) is 16.2. The Morgan fingerprint density at radius 1 is 1.24 bits per heavy atom. The van der Waals surface area contributed by atoms with E-state index in [9.17, 15) is 9.59 Å². The predicted octanol–water partition coefficient (Wildman–Crippen LogP) is 4.85. The molecule has 5 heteroatoms. The Bertz CT molecular complexity index is 962. The van der Waals surface area contributed by atoms with Crippen LogP contribution in [0.2, 0.25) is 0 Å². The maximum absolute atomic E-state index is 12.5. The SMILES string of the molecule is C=CCCC(=O)c1cccc2c1CCC2Oc1ccc2c(c1)OCC2CC(=O)O. The molecule has 0 amide bonds. The van der Waals surface area contributed by atoms with Crippen molar-refractivity contribution in [2.75, 3.05) is 6.61 Å². The van der Waals surface area contributed by atoms with Crippen LogP contribution in [0, 0.1) is 0 Å². The maximum Gasteiger partial charge on any atom is 0.304 e. The number of hydrogen-bond donors (Lipinski definition) is 1. The number of ketones is 1. The first-order valence-corrected chi connectivity index (χ1v) is 9.98. The number of hydrogen-bond acceptors (Lipinski definition) is 4. The Balaban J connectivity index is 1.51. The Labute approximate surface area is 170 Å². The Morgan fingerprint density at radius 3 is 2.90 bits per heavy atom. The number of carbonyl (C=O) groups excluding carboxylic acids is 1. The van der Waals surface area contributed by atoms with Gasteiger partial charge >= 0.3 is 5.97 Å². The molecule has 2 aromatic carbocycles. The van der Waals surface area contributed by atoms with E-state index >= 15 is 0 Å². The molecule has 0 saturated carbocycles. The number of carboxylic acid groups (broad SMARTS) is 1. The molecule has 5 nitrogen and oxygen atoms in total. The molecular formula is C24H24O5. The lowest BCUT2D eigenvalue weighted by Gasteiger charge is -2.16. The third-order valence-electron chi connectivity index (χ3n) is 5.66. The molecule has 1 N–H and O–H groups in total. The number of fused-ring (bicyclic) bond motifs is 2. The van der Waals surface area contributed by atoms with E-state index in [0.29, 0.717) is 30.9 Å². The first kappa shape index (κ1) is 19.2. The molecule has 0 fully saturated rings. The smallest absolute Gasteiger partial charge is 0.304 e. The third-order valence-corrected chi connectivity index (χ3v) is 5.66. The second kappa shape index (κ2) is 8.11. The summed E-state index contributed by atoms with van der Waals surface area (Å²) in [6.45, 7) is 4.07. The molecule has 2 aromatic rings. The summed E-state index contributed by atoms with van der Waals surface area (Å²) in [5.74, 6) is 0.597. The molecule has 1 aliphatic heterocycles. The lowest BCUT2D eigenvalue weighted by Crippen LogP contribution is -2.07. The summed E-state index contributed by atoms with van der Waals surface area (Å²) in [6, 6.07) is 11.5. The maximum atomic E-state index is 12.5. The largest absolute Gasteiger partial charge is 0.492 e. The second-order valence-corrected chi connectivity index (χ2v) is 7.57. The zero-order valence-corrected chi connectivity index (χ0v) is 16.2. The minimum absolute atomic E-state index is 0.0614. The topological polar surface area (TPSA) is 72.8 Å². The Kier molecular flexibility index (Phi) is 5.38. The molecule has 1 aliphatic carbocycles. The molecule has 150 valence electrons. The van der Waals surface area contributed by atoms with Crippen molar-refractivity contribution in [3.63, 3.8) is 0 Å². The molecule has 0 saturated heterocycles. The number of carbonyl (C=O) groups is 2. The molecule has 0 bridgehead atoms. The molecule has 4 rings (SSSR count). The van der Waals surface area contributed by atoms with Gasteiger partial charge in [-0.25, -0.2) is 0 Å². The van der Waals surface area contributed by atoms with Gasteiger partial charge in [0.15, 0.2) is 5.78 Å². The van der Waals surface area contributed by atoms with Crippen molar-refractivity contribution < 1.29 is 24.2 Å². The van der Waals surface area contributed by atoms with Crippen LogP contribution in [0.1, 0.15) is 64.8 Å². The lowest BCUT2D eigenvalue weighted by atomic mass is 9.97. The van der Waals surface area contributed by atoms with Crippen molar-refractivity contribution in [2.45, 2.75) is 44.1 Å². The van der Waals surface area contributed by atoms with Gasteiger partial charge in [0.05, 0.1) is 13.0 Å². The minimum atomic E-state index is -0.826. The fourth-order valence-electron chi connectivity index (χ4n) is 4.24. The van der Waals surface area contributed by atoms with Crippen LogP contribution in [0.25, 0.3) is 0 Å². The summed E-state index contributed by atoms with van der Waals surface area (Å²) < 4.78 is 11.9. The van der Waals surface area contributed by atoms with Crippen LogP contribution in [-0.4, -0.2) is 23.5 Å². The number of carboxylic acids is 1. The highest BCUT2D eigenvalue weighted by atomic mass is 16.5. The molecule has 29 heavy (non-hydrogen) atoms. The molecule has 1 heterocycles. The number of allylic oxidation sites excluding steroid dienone is 1. The summed E-state index contributed by atoms with van der Waals surface area (Å²) in [6.07, 6.45) is 4.52. The number of ether oxygens (including phenoxy) is 2. The first-order chi connectivity index (χ1) is 14.1. The van der Waals surface area contributed by atoms with Gasteiger partial charge in [0.2, 0.25) is 0 Å². The van der Waals surface area contributed by atoms with Gasteiger partial charge in [0.1, 0.15) is 17.6 Å². The van der Waals surface area contributed by atoms with E-state index in [1.165, 1.54) is 0 Å². The summed E-state index contributed by atoms with van der Waals surface area (Å²) >= 11 is 0. The first-order valence-electron chi connectivity index (χ1n) is 9.98. The van der Waals surface area contributed by atoms with E-state index in [-0.39, 0.29) is 24.2 Å². The Morgan fingerprint density at radius 2 is 2.10 bits per heavy atom. The predicted molar refractivity (Wildman–Crippen MR) is 109 cm³/mol. The lowest BCUT2D eigenvalue weighted by molar-refractivity contribution is -0.137. The van der Waals surface area contributed by atoms with Crippen molar-refractivity contribution in [1.82, 2.24) is 0 Å². The van der Waals surface area contributed by atoms with Gasteiger partial charge in [-0.05, 0) is 36.5 Å². The Hall–Kier alpha value is -3.08. The van der Waals surface area contributed by atoms with Crippen LogP contribution >= 0.6 is 0 Å². The van der Waals surface area contributed by atoms with Gasteiger partial charge in [-0.1, -0.05) is 30.3 Å². The molecular weight excluding hydrogens is 368 g/mol. The van der Waals surface area contributed by atoms with E-state index in [1.54, 1.807) is 6.08 Å². The zero-order chi connectivity index (χ0) is 20.4. The highest BCUT2D eigenvalue weighted by Gasteiger charge is 2.30. The second-order valence-electron chi connectivity index (χ2n) is 7.57. The van der Waals surface area contributed by atoms with Crippen LogP contribution < -0.4 is 9.47 Å². The third kappa shape index (κ3) is 3.90. The molecule has 2 unspecified atom stereocenters. The van der Waals surface area contributed by atoms with E-state index in [2.05, 4.69) is 6.58 Å². The number of rotatable bonds is 8. The van der Waals surface area contributed by atoms with Gasteiger partial charge in [-0.15, -0.1) is 6.58 Å². The summed E-state index contributed by atoms with van der Waals surface area (Å²) in [7, 11) is 0. The molecule has 0 aromatic heterocycles. The minimum Gasteiger partial charge on any atom is -0.492 e. The van der Waals surface area contributed by atoms with Gasteiger partial charge in [0.25, 0.3) is 0 Å². The quantitative estimate of drug-likeness (QED) is 0.513. The highest BCUT2D eigenvalue weighted by Crippen LogP contribution is 2.41. The van der Waals surface area contributed by atoms with Crippen LogP contribution in [0.5, 0.6) is 11.5 Å². The molecule has 0 spiro atoms. The van der Waals surface area contributed by atoms with Crippen LogP contribution in [0.4, 0.5) is 0 Å². The monoisotopic (exact) mass is 392 g/mol. The fraction of sp³-hybridized carbons (Fsp3) is 0.333. The van der Waals surface area contributed by atoms with Crippen molar-refractivity contribution in [3.05, 3.63) is 71.3 Å². The molecule has 0 radical (unpaired) electrons. The van der Waals surface area contributed by atoms with Crippen LogP contribution in [0.15, 0.2) is 49.1 Å². The van der Waals surface area contributed by atoms with Crippen LogP contribution in [-0.2, 0) is 11.2 Å². The van der Waals surface area contributed by atoms with Crippen molar-refractivity contribution in [1.29, 1.82) is 0 Å². The van der Waals surface area contributed by atoms with Gasteiger partial charge in [-0.2, -0.15) is 0 Å². The average molecular weight is 392 g/mol. The number of Topliss-reactive ketones (excluding diaryl/α,β-unsaturated/α-hetero) is 1. The van der Waals surface area contributed by atoms with E-state index in [4.69, 9.17) is 14.6 Å². The highest BCUT2D eigenvalue weighted by molar-refractivity contribution is 5.98. The number of aliphatic carboxylic acids is 1. The van der Waals surface area contributed by atoms with Crippen molar-refractivity contribution >= 4 is 11.8 Å².